The van der Waals surface area contributed by atoms with Crippen molar-refractivity contribution in [3.63, 3.8) is 0 Å². The number of aromatic nitrogens is 1. The van der Waals surface area contributed by atoms with E-state index >= 15 is 0 Å². The van der Waals surface area contributed by atoms with Crippen LogP contribution in [0, 0.1) is 6.92 Å². The van der Waals surface area contributed by atoms with Crippen LogP contribution >= 0.6 is 11.3 Å². The fourth-order valence-electron chi connectivity index (χ4n) is 4.20. The topological polar surface area (TPSA) is 55.6 Å². The molecular weight excluding hydrogens is 348 g/mol. The molecule has 3 aromatic rings. The van der Waals surface area contributed by atoms with E-state index in [1.165, 1.54) is 10.4 Å². The number of benzene rings is 1. The average Bonchev–Trinajstić information content (AvgIpc) is 3.27. The van der Waals surface area contributed by atoms with Crippen LogP contribution in [0.1, 0.15) is 39.5 Å². The Balaban J connectivity index is 1.36. The van der Waals surface area contributed by atoms with Crippen LogP contribution in [0.3, 0.4) is 0 Å². The molecule has 0 saturated carbocycles. The van der Waals surface area contributed by atoms with Crippen molar-refractivity contribution < 1.29 is 13.9 Å². The predicted molar refractivity (Wildman–Crippen MR) is 99.5 cm³/mol. The Morgan fingerprint density at radius 3 is 2.96 bits per heavy atom. The number of aryl methyl sites for hydroxylation is 1. The van der Waals surface area contributed by atoms with Crippen molar-refractivity contribution >= 4 is 28.3 Å². The van der Waals surface area contributed by atoms with Gasteiger partial charge in [0.15, 0.2) is 11.5 Å². The normalized spacial score (nSPS) is 19.0. The highest BCUT2D eigenvalue weighted by Crippen LogP contribution is 2.43. The Morgan fingerprint density at radius 2 is 2.12 bits per heavy atom. The maximum atomic E-state index is 12.9. The number of nitrogens with zero attached hydrogens (tertiary/aromatic N) is 2. The van der Waals surface area contributed by atoms with Crippen molar-refractivity contribution in [2.45, 2.75) is 31.8 Å². The minimum absolute atomic E-state index is 0.0529. The molecule has 1 aromatic carbocycles. The van der Waals surface area contributed by atoms with E-state index in [4.69, 9.17) is 9.15 Å². The first-order chi connectivity index (χ1) is 12.6. The minimum atomic E-state index is -0.198. The lowest BCUT2D eigenvalue weighted by atomic mass is 9.82. The Bertz CT molecular complexity index is 982. The van der Waals surface area contributed by atoms with Crippen LogP contribution in [0.15, 0.2) is 34.1 Å². The van der Waals surface area contributed by atoms with E-state index < -0.39 is 0 Å². The first-order valence-electron chi connectivity index (χ1n) is 9.02. The minimum Gasteiger partial charge on any atom is -0.441 e. The molecule has 0 aliphatic carbocycles. The molecule has 134 valence electrons. The second-order valence-electron chi connectivity index (χ2n) is 7.06. The zero-order chi connectivity index (χ0) is 17.7. The molecule has 5 rings (SSSR count). The predicted octanol–water partition coefficient (Wildman–Crippen LogP) is 3.90. The third-order valence-corrected chi connectivity index (χ3v) is 6.53. The summed E-state index contributed by atoms with van der Waals surface area (Å²) in [6, 6.07) is 7.70. The molecule has 1 fully saturated rings. The highest BCUT2D eigenvalue weighted by molar-refractivity contribution is 7.10. The lowest BCUT2D eigenvalue weighted by Gasteiger charge is -2.44. The van der Waals surface area contributed by atoms with E-state index in [2.05, 4.69) is 16.4 Å². The number of thiophene rings is 1. The fourth-order valence-corrected chi connectivity index (χ4v) is 5.15. The van der Waals surface area contributed by atoms with Gasteiger partial charge in [-0.2, -0.15) is 0 Å². The summed E-state index contributed by atoms with van der Waals surface area (Å²) in [5, 5.41) is 2.16. The van der Waals surface area contributed by atoms with Crippen LogP contribution in [-0.2, 0) is 16.8 Å². The zero-order valence-corrected chi connectivity index (χ0v) is 15.5. The lowest BCUT2D eigenvalue weighted by molar-refractivity contribution is -0.0926. The molecule has 1 saturated heterocycles. The Labute approximate surface area is 155 Å². The average molecular weight is 368 g/mol. The number of hydrogen-bond acceptors (Lipinski definition) is 5. The molecule has 1 amide bonds. The van der Waals surface area contributed by atoms with Gasteiger partial charge in [-0.3, -0.25) is 4.79 Å². The zero-order valence-electron chi connectivity index (χ0n) is 14.7. The number of oxazole rings is 1. The van der Waals surface area contributed by atoms with Gasteiger partial charge in [-0.15, -0.1) is 11.3 Å². The van der Waals surface area contributed by atoms with E-state index in [0.717, 1.165) is 31.4 Å². The van der Waals surface area contributed by atoms with Crippen molar-refractivity contribution in [2.24, 2.45) is 0 Å². The maximum absolute atomic E-state index is 12.9. The van der Waals surface area contributed by atoms with Crippen molar-refractivity contribution in [3.05, 3.63) is 51.5 Å². The number of carbonyl (C=O) groups is 1. The summed E-state index contributed by atoms with van der Waals surface area (Å²) >= 11 is 1.82. The molecule has 0 bridgehead atoms. The molecule has 2 aliphatic rings. The third kappa shape index (κ3) is 2.47. The molecule has 0 atom stereocenters. The molecule has 2 aliphatic heterocycles. The summed E-state index contributed by atoms with van der Waals surface area (Å²) in [5.74, 6) is 0.669. The van der Waals surface area contributed by atoms with Gasteiger partial charge in [-0.1, -0.05) is 0 Å². The smallest absolute Gasteiger partial charge is 0.253 e. The Hall–Kier alpha value is -2.18. The van der Waals surface area contributed by atoms with Gasteiger partial charge in [-0.05, 0) is 48.1 Å². The molecule has 2 aromatic heterocycles. The number of carbonyl (C=O) groups excluding carboxylic acids is 1. The molecule has 5 nitrogen and oxygen atoms in total. The first-order valence-corrected chi connectivity index (χ1v) is 9.90. The van der Waals surface area contributed by atoms with Crippen LogP contribution < -0.4 is 0 Å². The van der Waals surface area contributed by atoms with Gasteiger partial charge in [0.2, 0.25) is 0 Å². The summed E-state index contributed by atoms with van der Waals surface area (Å²) in [5.41, 5.74) is 3.26. The highest BCUT2D eigenvalue weighted by Gasteiger charge is 2.42. The summed E-state index contributed by atoms with van der Waals surface area (Å²) in [4.78, 5) is 20.6. The van der Waals surface area contributed by atoms with E-state index in [-0.39, 0.29) is 11.5 Å². The molecule has 4 heterocycles. The number of likely N-dealkylation sites (tertiary alicyclic amines) is 1. The van der Waals surface area contributed by atoms with Gasteiger partial charge < -0.3 is 14.1 Å². The van der Waals surface area contributed by atoms with Gasteiger partial charge in [0.1, 0.15) is 5.52 Å². The molecule has 26 heavy (non-hydrogen) atoms. The number of piperidine rings is 1. The van der Waals surface area contributed by atoms with Gasteiger partial charge in [0.05, 0.1) is 12.2 Å². The number of ether oxygens (including phenoxy) is 1. The highest BCUT2D eigenvalue weighted by atomic mass is 32.1. The quantitative estimate of drug-likeness (QED) is 0.654. The third-order valence-electron chi connectivity index (χ3n) is 5.54. The molecule has 0 N–H and O–H groups in total. The van der Waals surface area contributed by atoms with Crippen LogP contribution in [0.25, 0.3) is 11.1 Å². The van der Waals surface area contributed by atoms with E-state index in [0.29, 0.717) is 30.1 Å². The summed E-state index contributed by atoms with van der Waals surface area (Å²) in [6.07, 6.45) is 2.71. The van der Waals surface area contributed by atoms with Crippen molar-refractivity contribution in [1.29, 1.82) is 0 Å². The number of hydrogen-bond donors (Lipinski definition) is 0. The van der Waals surface area contributed by atoms with Gasteiger partial charge in [-0.25, -0.2) is 4.98 Å². The standard InChI is InChI=1S/C20H20N2O3S/c1-13-21-16-3-2-14(12-17(16)25-13)19(23)22-8-6-20(7-9-22)15-5-11-26-18(15)4-10-24-20/h2-3,5,11-12H,4,6-10H2,1H3. The maximum Gasteiger partial charge on any atom is 0.253 e. The number of amides is 1. The Kier molecular flexibility index (Phi) is 3.65. The summed E-state index contributed by atoms with van der Waals surface area (Å²) in [6.45, 7) is 4.01. The first kappa shape index (κ1) is 16.0. The van der Waals surface area contributed by atoms with E-state index in [1.54, 1.807) is 6.07 Å². The summed E-state index contributed by atoms with van der Waals surface area (Å²) < 4.78 is 11.8. The van der Waals surface area contributed by atoms with E-state index in [9.17, 15) is 4.79 Å². The number of rotatable bonds is 1. The fraction of sp³-hybridized carbons (Fsp3) is 0.400. The lowest BCUT2D eigenvalue weighted by Crippen LogP contribution is -2.48. The second-order valence-corrected chi connectivity index (χ2v) is 8.06. The van der Waals surface area contributed by atoms with Crippen molar-refractivity contribution in [2.75, 3.05) is 19.7 Å². The molecule has 6 heteroatoms. The van der Waals surface area contributed by atoms with Gasteiger partial charge in [0.25, 0.3) is 5.91 Å². The van der Waals surface area contributed by atoms with Crippen LogP contribution in [0.5, 0.6) is 0 Å². The number of fused-ring (bicyclic) bond motifs is 3. The van der Waals surface area contributed by atoms with Crippen LogP contribution in [0.2, 0.25) is 0 Å². The van der Waals surface area contributed by atoms with Crippen LogP contribution in [0.4, 0.5) is 0 Å². The molecule has 1 spiro atoms. The largest absolute Gasteiger partial charge is 0.441 e. The molecule has 0 radical (unpaired) electrons. The molecule has 0 unspecified atom stereocenters. The monoisotopic (exact) mass is 368 g/mol. The molecular formula is C20H20N2O3S. The van der Waals surface area contributed by atoms with Crippen molar-refractivity contribution in [1.82, 2.24) is 9.88 Å². The Morgan fingerprint density at radius 1 is 1.27 bits per heavy atom. The van der Waals surface area contributed by atoms with Gasteiger partial charge >= 0.3 is 0 Å². The summed E-state index contributed by atoms with van der Waals surface area (Å²) in [7, 11) is 0. The second kappa shape index (κ2) is 5.93. The van der Waals surface area contributed by atoms with Crippen molar-refractivity contribution in [3.8, 4) is 0 Å². The van der Waals surface area contributed by atoms with Gasteiger partial charge in [0, 0.05) is 36.9 Å². The SMILES string of the molecule is Cc1nc2ccc(C(=O)N3CCC4(CC3)OCCc3sccc34)cc2o1. The van der Waals surface area contributed by atoms with E-state index in [1.807, 2.05) is 35.3 Å². The van der Waals surface area contributed by atoms with Crippen LogP contribution in [-0.4, -0.2) is 35.5 Å².